The first-order valence-corrected chi connectivity index (χ1v) is 13.1. The Hall–Kier alpha value is -1.83. The van der Waals surface area contributed by atoms with Crippen LogP contribution in [0.4, 0.5) is 4.79 Å². The summed E-state index contributed by atoms with van der Waals surface area (Å²) in [7, 11) is 0. The quantitative estimate of drug-likeness (QED) is 0.106. The summed E-state index contributed by atoms with van der Waals surface area (Å²) >= 11 is 5.98. The van der Waals surface area contributed by atoms with E-state index in [-0.39, 0.29) is 37.7 Å². The van der Waals surface area contributed by atoms with E-state index in [9.17, 15) is 19.2 Å². The highest BCUT2D eigenvalue weighted by atomic mass is 35.5. The third-order valence-electron chi connectivity index (χ3n) is 4.30. The number of esters is 2. The molecule has 0 aromatic rings. The average molecular weight is 522 g/mol. The van der Waals surface area contributed by atoms with Gasteiger partial charge in [0, 0.05) is 12.8 Å². The van der Waals surface area contributed by atoms with Crippen molar-refractivity contribution in [2.45, 2.75) is 123 Å². The fourth-order valence-electron chi connectivity index (χ4n) is 2.65. The summed E-state index contributed by atoms with van der Waals surface area (Å²) < 4.78 is 15.3. The smallest absolute Gasteiger partial charge is 0.408 e. The van der Waals surface area contributed by atoms with Crippen LogP contribution in [0.3, 0.4) is 0 Å². The van der Waals surface area contributed by atoms with Crippen LogP contribution in [0.5, 0.6) is 0 Å². The molecule has 0 aliphatic carbocycles. The molecule has 1 N–H and O–H groups in total. The minimum atomic E-state index is -0.660. The highest BCUT2D eigenvalue weighted by Crippen LogP contribution is 2.14. The van der Waals surface area contributed by atoms with Gasteiger partial charge < -0.3 is 19.5 Å². The molecular formula is C26H48ClNO7. The van der Waals surface area contributed by atoms with Crippen LogP contribution in [0.15, 0.2) is 0 Å². The molecule has 0 aliphatic rings. The highest BCUT2D eigenvalue weighted by molar-refractivity contribution is 6.23. The lowest BCUT2D eigenvalue weighted by Crippen LogP contribution is -2.35. The van der Waals surface area contributed by atoms with Gasteiger partial charge in [0.2, 0.25) is 0 Å². The predicted molar refractivity (Wildman–Crippen MR) is 139 cm³/mol. The van der Waals surface area contributed by atoms with Crippen LogP contribution < -0.4 is 5.32 Å². The van der Waals surface area contributed by atoms with Crippen molar-refractivity contribution in [3.8, 4) is 0 Å². The molecular weight excluding hydrogens is 474 g/mol. The zero-order chi connectivity index (χ0) is 27.3. The Morgan fingerprint density at radius 1 is 0.714 bits per heavy atom. The molecule has 0 saturated heterocycles. The van der Waals surface area contributed by atoms with E-state index >= 15 is 0 Å². The molecule has 0 heterocycles. The Morgan fingerprint density at radius 2 is 1.23 bits per heavy atom. The molecule has 0 aromatic carbocycles. The molecule has 8 nitrogen and oxygen atoms in total. The fourth-order valence-corrected chi connectivity index (χ4v) is 2.71. The van der Waals surface area contributed by atoms with E-state index in [0.717, 1.165) is 44.9 Å². The van der Waals surface area contributed by atoms with Gasteiger partial charge in [0.25, 0.3) is 0 Å². The van der Waals surface area contributed by atoms with Gasteiger partial charge in [-0.05, 0) is 47.5 Å². The Bertz CT molecular complexity index is 610. The third kappa shape index (κ3) is 28.3. The topological polar surface area (TPSA) is 108 Å². The number of hydrogen-bond donors (Lipinski definition) is 1. The molecule has 0 rings (SSSR count). The molecule has 206 valence electrons. The molecule has 0 atom stereocenters. The average Bonchev–Trinajstić information content (AvgIpc) is 2.75. The van der Waals surface area contributed by atoms with Crippen molar-refractivity contribution < 1.29 is 33.4 Å². The normalized spacial score (nSPS) is 11.1. The first kappa shape index (κ1) is 35.3. The summed E-state index contributed by atoms with van der Waals surface area (Å²) in [5.74, 6) is -0.870. The summed E-state index contributed by atoms with van der Waals surface area (Å²) in [6.45, 7) is 13.2. The van der Waals surface area contributed by atoms with Crippen LogP contribution in [0.25, 0.3) is 0 Å². The van der Waals surface area contributed by atoms with Crippen LogP contribution in [0.1, 0.15) is 113 Å². The van der Waals surface area contributed by atoms with Crippen molar-refractivity contribution in [2.75, 3.05) is 19.8 Å². The van der Waals surface area contributed by atoms with Crippen molar-refractivity contribution >= 4 is 35.4 Å². The number of rotatable bonds is 17. The van der Waals surface area contributed by atoms with Crippen LogP contribution in [0.2, 0.25) is 0 Å². The zero-order valence-electron chi connectivity index (χ0n) is 22.9. The number of alkyl carbamates (subject to hydrolysis) is 1. The predicted octanol–water partition coefficient (Wildman–Crippen LogP) is 6.11. The van der Waals surface area contributed by atoms with Crippen molar-refractivity contribution in [2.24, 2.45) is 0 Å². The number of halogens is 1. The number of nitrogens with one attached hydrogen (secondary N) is 1. The van der Waals surface area contributed by atoms with Crippen molar-refractivity contribution in [3.63, 3.8) is 0 Å². The second-order valence-electron chi connectivity index (χ2n) is 9.72. The summed E-state index contributed by atoms with van der Waals surface area (Å²) in [5.41, 5.74) is -0.630. The van der Waals surface area contributed by atoms with Gasteiger partial charge in [0.15, 0.2) is 5.78 Å². The minimum absolute atomic E-state index is 0.000342. The lowest BCUT2D eigenvalue weighted by atomic mass is 10.1. The number of carbonyl (C=O) groups excluding carboxylic acids is 4. The van der Waals surface area contributed by atoms with Gasteiger partial charge in [-0.15, -0.1) is 11.6 Å². The Kier molecular flexibility index (Phi) is 20.6. The van der Waals surface area contributed by atoms with Crippen LogP contribution in [0, 0.1) is 0 Å². The Morgan fingerprint density at radius 3 is 1.77 bits per heavy atom. The first-order valence-electron chi connectivity index (χ1n) is 12.8. The van der Waals surface area contributed by atoms with Gasteiger partial charge in [-0.3, -0.25) is 14.4 Å². The second-order valence-corrected chi connectivity index (χ2v) is 10.7. The summed E-state index contributed by atoms with van der Waals surface area (Å²) in [6, 6.07) is 0. The molecule has 0 unspecified atom stereocenters. The minimum Gasteiger partial charge on any atom is -0.466 e. The number of amides is 1. The highest BCUT2D eigenvalue weighted by Gasteiger charge is 2.17. The molecule has 9 heteroatoms. The SMILES string of the molecule is CC.CC(C)(Cl)COC(=O)CCCCCCCCCOC(=O)CCC(=O)CNC(=O)OC(C)(C)C. The van der Waals surface area contributed by atoms with E-state index in [2.05, 4.69) is 5.32 Å². The van der Waals surface area contributed by atoms with E-state index in [1.807, 2.05) is 13.8 Å². The van der Waals surface area contributed by atoms with Crippen LogP contribution in [-0.2, 0) is 28.6 Å². The summed E-state index contributed by atoms with van der Waals surface area (Å²) in [6.07, 6.45) is 6.46. The molecule has 0 bridgehead atoms. The zero-order valence-corrected chi connectivity index (χ0v) is 23.7. The number of carbonyl (C=O) groups is 4. The van der Waals surface area contributed by atoms with Gasteiger partial charge in [0.1, 0.15) is 12.2 Å². The van der Waals surface area contributed by atoms with E-state index in [0.29, 0.717) is 13.0 Å². The molecule has 35 heavy (non-hydrogen) atoms. The standard InChI is InChI=1S/C24H42ClNO7.C2H6/c1-23(2,3)33-22(30)26-17-19(27)14-15-21(29)31-16-12-10-8-6-7-9-11-13-20(28)32-18-24(4,5)25;1-2/h6-18H2,1-5H3,(H,26,30);1-2H3. The van der Waals surface area contributed by atoms with E-state index < -0.39 is 22.5 Å². The maximum Gasteiger partial charge on any atom is 0.408 e. The van der Waals surface area contributed by atoms with Gasteiger partial charge in [-0.1, -0.05) is 46.0 Å². The first-order chi connectivity index (χ1) is 16.3. The number of Topliss-reactive ketones (excluding diaryl/α,β-unsaturated/α-hetero) is 1. The number of ketones is 1. The fraction of sp³-hybridized carbons (Fsp3) is 0.846. The van der Waals surface area contributed by atoms with Gasteiger partial charge in [-0.2, -0.15) is 0 Å². The number of hydrogen-bond acceptors (Lipinski definition) is 7. The molecule has 0 saturated carbocycles. The van der Waals surface area contributed by atoms with Crippen molar-refractivity contribution in [1.29, 1.82) is 0 Å². The maximum atomic E-state index is 11.7. The summed E-state index contributed by atoms with van der Waals surface area (Å²) in [4.78, 5) is 46.0. The van der Waals surface area contributed by atoms with Crippen LogP contribution >= 0.6 is 11.6 Å². The van der Waals surface area contributed by atoms with Crippen molar-refractivity contribution in [3.05, 3.63) is 0 Å². The second kappa shape index (κ2) is 20.4. The lowest BCUT2D eigenvalue weighted by molar-refractivity contribution is -0.145. The molecule has 0 aromatic heterocycles. The van der Waals surface area contributed by atoms with E-state index in [1.54, 1.807) is 34.6 Å². The Labute approximate surface area is 217 Å². The van der Waals surface area contributed by atoms with Crippen molar-refractivity contribution in [1.82, 2.24) is 5.32 Å². The number of alkyl halides is 1. The number of unbranched alkanes of at least 4 members (excludes halogenated alkanes) is 6. The monoisotopic (exact) mass is 521 g/mol. The molecule has 0 spiro atoms. The number of ether oxygens (including phenoxy) is 3. The lowest BCUT2D eigenvalue weighted by Gasteiger charge is -2.19. The molecule has 0 radical (unpaired) electrons. The molecule has 1 amide bonds. The third-order valence-corrected chi connectivity index (χ3v) is 4.41. The van der Waals surface area contributed by atoms with Gasteiger partial charge in [0.05, 0.1) is 24.4 Å². The van der Waals surface area contributed by atoms with E-state index in [4.69, 9.17) is 25.8 Å². The van der Waals surface area contributed by atoms with Crippen LogP contribution in [-0.4, -0.2) is 54.0 Å². The molecule has 0 aliphatic heterocycles. The van der Waals surface area contributed by atoms with Gasteiger partial charge in [-0.25, -0.2) is 4.79 Å². The maximum absolute atomic E-state index is 11.7. The van der Waals surface area contributed by atoms with E-state index in [1.165, 1.54) is 0 Å². The summed E-state index contributed by atoms with van der Waals surface area (Å²) in [5, 5.41) is 2.37. The Balaban J connectivity index is 0. The molecule has 0 fully saturated rings. The largest absolute Gasteiger partial charge is 0.466 e. The van der Waals surface area contributed by atoms with Gasteiger partial charge >= 0.3 is 18.0 Å².